The van der Waals surface area contributed by atoms with Crippen molar-refractivity contribution in [2.45, 2.75) is 6.92 Å². The molecule has 0 aliphatic carbocycles. The Kier molecular flexibility index (Phi) is 3.91. The van der Waals surface area contributed by atoms with Crippen molar-refractivity contribution in [3.05, 3.63) is 76.9 Å². The Morgan fingerprint density at radius 3 is 2.41 bits per heavy atom. The number of hydrogen-bond acceptors (Lipinski definition) is 2. The zero-order valence-electron chi connectivity index (χ0n) is 12.0. The van der Waals surface area contributed by atoms with E-state index < -0.39 is 0 Å². The zero-order chi connectivity index (χ0) is 15.5. The second kappa shape index (κ2) is 6.01. The van der Waals surface area contributed by atoms with Gasteiger partial charge in [0.25, 0.3) is 0 Å². The Morgan fingerprint density at radius 1 is 1.00 bits per heavy atom. The summed E-state index contributed by atoms with van der Waals surface area (Å²) in [6.07, 6.45) is 1.66. The molecular weight excluding hydrogens is 292 g/mol. The second-order valence-electron chi connectivity index (χ2n) is 5.05. The topological polar surface area (TPSA) is 36.7 Å². The minimum absolute atomic E-state index is 0.594. The lowest BCUT2D eigenvalue weighted by atomic mass is 9.96. The Morgan fingerprint density at radius 2 is 1.73 bits per heavy atom. The van der Waals surface area contributed by atoms with Crippen molar-refractivity contribution in [3.63, 3.8) is 0 Å². The highest BCUT2D eigenvalue weighted by atomic mass is 35.5. The monoisotopic (exact) mass is 304 g/mol. The Bertz CT molecular complexity index is 861. The van der Waals surface area contributed by atoms with Gasteiger partial charge in [0.05, 0.1) is 22.3 Å². The number of aryl methyl sites for hydroxylation is 1. The van der Waals surface area contributed by atoms with Crippen molar-refractivity contribution in [2.24, 2.45) is 0 Å². The fraction of sp³-hybridized carbons (Fsp3) is 0.0526. The lowest BCUT2D eigenvalue weighted by Crippen LogP contribution is -1.92. The molecule has 0 bridgehead atoms. The predicted octanol–water partition coefficient (Wildman–Crippen LogP) is 5.25. The summed E-state index contributed by atoms with van der Waals surface area (Å²) in [5.41, 5.74) is 5.73. The molecule has 3 aromatic rings. The molecular formula is C19H13ClN2. The van der Waals surface area contributed by atoms with E-state index in [4.69, 9.17) is 16.9 Å². The number of halogens is 1. The highest BCUT2D eigenvalue weighted by Crippen LogP contribution is 2.33. The van der Waals surface area contributed by atoms with Gasteiger partial charge in [0.2, 0.25) is 0 Å². The number of hydrogen-bond donors (Lipinski definition) is 0. The molecule has 0 radical (unpaired) electrons. The predicted molar refractivity (Wildman–Crippen MR) is 89.6 cm³/mol. The maximum Gasteiger partial charge on any atom is 0.0991 e. The third kappa shape index (κ3) is 2.72. The fourth-order valence-corrected chi connectivity index (χ4v) is 2.59. The molecule has 2 aromatic carbocycles. The van der Waals surface area contributed by atoms with Gasteiger partial charge in [-0.25, -0.2) is 0 Å². The standard InChI is InChI=1S/C19H13ClN2/c1-13-4-2-3-5-17(13)19-18(10-16(20)12-22-19)15-8-6-14(11-21)7-9-15/h2-10,12H,1H3. The number of pyridine rings is 1. The molecule has 0 saturated heterocycles. The lowest BCUT2D eigenvalue weighted by Gasteiger charge is -2.12. The Hall–Kier alpha value is -2.63. The summed E-state index contributed by atoms with van der Waals surface area (Å²) in [6, 6.07) is 19.6. The van der Waals surface area contributed by atoms with E-state index in [9.17, 15) is 0 Å². The third-order valence-electron chi connectivity index (χ3n) is 3.58. The summed E-state index contributed by atoms with van der Waals surface area (Å²) in [7, 11) is 0. The van der Waals surface area contributed by atoms with Gasteiger partial charge in [-0.2, -0.15) is 5.26 Å². The van der Waals surface area contributed by atoms with Crippen LogP contribution in [0.1, 0.15) is 11.1 Å². The summed E-state index contributed by atoms with van der Waals surface area (Å²) in [4.78, 5) is 4.53. The molecule has 1 heterocycles. The summed E-state index contributed by atoms with van der Waals surface area (Å²) >= 11 is 6.14. The van der Waals surface area contributed by atoms with E-state index in [1.54, 1.807) is 18.3 Å². The fourth-order valence-electron chi connectivity index (χ4n) is 2.44. The van der Waals surface area contributed by atoms with Gasteiger partial charge >= 0.3 is 0 Å². The van der Waals surface area contributed by atoms with Gasteiger partial charge in [-0.15, -0.1) is 0 Å². The van der Waals surface area contributed by atoms with E-state index >= 15 is 0 Å². The van der Waals surface area contributed by atoms with Crippen LogP contribution < -0.4 is 0 Å². The third-order valence-corrected chi connectivity index (χ3v) is 3.79. The molecule has 0 amide bonds. The molecule has 0 aliphatic heterocycles. The molecule has 0 saturated carbocycles. The van der Waals surface area contributed by atoms with Crippen LogP contribution in [-0.4, -0.2) is 4.98 Å². The molecule has 106 valence electrons. The van der Waals surface area contributed by atoms with Gasteiger partial charge in [0.15, 0.2) is 0 Å². The van der Waals surface area contributed by atoms with Crippen molar-refractivity contribution in [1.82, 2.24) is 4.98 Å². The molecule has 3 rings (SSSR count). The van der Waals surface area contributed by atoms with Crippen LogP contribution in [0.15, 0.2) is 60.8 Å². The SMILES string of the molecule is Cc1ccccc1-c1ncc(Cl)cc1-c1ccc(C#N)cc1. The van der Waals surface area contributed by atoms with Crippen LogP contribution in [0.2, 0.25) is 5.02 Å². The first-order chi connectivity index (χ1) is 10.7. The molecule has 0 atom stereocenters. The highest BCUT2D eigenvalue weighted by Gasteiger charge is 2.11. The molecule has 0 aliphatic rings. The van der Waals surface area contributed by atoms with Crippen LogP contribution in [0.25, 0.3) is 22.4 Å². The molecule has 22 heavy (non-hydrogen) atoms. The second-order valence-corrected chi connectivity index (χ2v) is 5.49. The van der Waals surface area contributed by atoms with Gasteiger partial charge in [0, 0.05) is 17.3 Å². The van der Waals surface area contributed by atoms with Gasteiger partial charge in [-0.3, -0.25) is 4.98 Å². The molecule has 2 nitrogen and oxygen atoms in total. The Labute approximate surface area is 134 Å². The number of aromatic nitrogens is 1. The molecule has 0 unspecified atom stereocenters. The van der Waals surface area contributed by atoms with Gasteiger partial charge in [0.1, 0.15) is 0 Å². The molecule has 0 fully saturated rings. The largest absolute Gasteiger partial charge is 0.254 e. The molecule has 1 aromatic heterocycles. The number of nitriles is 1. The van der Waals surface area contributed by atoms with Gasteiger partial charge in [-0.05, 0) is 36.2 Å². The first-order valence-electron chi connectivity index (χ1n) is 6.91. The van der Waals surface area contributed by atoms with Crippen molar-refractivity contribution in [1.29, 1.82) is 5.26 Å². The van der Waals surface area contributed by atoms with E-state index in [-0.39, 0.29) is 0 Å². The maximum atomic E-state index is 8.93. The van der Waals surface area contributed by atoms with E-state index in [0.717, 1.165) is 27.9 Å². The normalized spacial score (nSPS) is 10.2. The van der Waals surface area contributed by atoms with Crippen LogP contribution in [-0.2, 0) is 0 Å². The lowest BCUT2D eigenvalue weighted by molar-refractivity contribution is 1.30. The zero-order valence-corrected chi connectivity index (χ0v) is 12.8. The average molecular weight is 305 g/mol. The molecule has 3 heteroatoms. The van der Waals surface area contributed by atoms with E-state index in [1.807, 2.05) is 30.3 Å². The van der Waals surface area contributed by atoms with Crippen LogP contribution in [0.4, 0.5) is 0 Å². The van der Waals surface area contributed by atoms with E-state index in [0.29, 0.717) is 10.6 Å². The quantitative estimate of drug-likeness (QED) is 0.648. The highest BCUT2D eigenvalue weighted by molar-refractivity contribution is 6.30. The van der Waals surface area contributed by atoms with Gasteiger partial charge in [-0.1, -0.05) is 48.0 Å². The van der Waals surface area contributed by atoms with Crippen molar-refractivity contribution in [2.75, 3.05) is 0 Å². The van der Waals surface area contributed by atoms with E-state index in [2.05, 4.69) is 30.1 Å². The van der Waals surface area contributed by atoms with Crippen LogP contribution in [0.3, 0.4) is 0 Å². The molecule has 0 N–H and O–H groups in total. The first-order valence-corrected chi connectivity index (χ1v) is 7.29. The minimum Gasteiger partial charge on any atom is -0.254 e. The average Bonchev–Trinajstić information content (AvgIpc) is 2.56. The molecule has 0 spiro atoms. The smallest absolute Gasteiger partial charge is 0.0991 e. The van der Waals surface area contributed by atoms with Gasteiger partial charge < -0.3 is 0 Å². The summed E-state index contributed by atoms with van der Waals surface area (Å²) in [6.45, 7) is 2.06. The minimum atomic E-state index is 0.594. The number of nitrogens with zero attached hydrogens (tertiary/aromatic N) is 2. The Balaban J connectivity index is 2.20. The summed E-state index contributed by atoms with van der Waals surface area (Å²) in [5.74, 6) is 0. The summed E-state index contributed by atoms with van der Waals surface area (Å²) in [5, 5.41) is 9.52. The summed E-state index contributed by atoms with van der Waals surface area (Å²) < 4.78 is 0. The maximum absolute atomic E-state index is 8.93. The van der Waals surface area contributed by atoms with Crippen LogP contribution in [0.5, 0.6) is 0 Å². The van der Waals surface area contributed by atoms with Crippen LogP contribution in [0, 0.1) is 18.3 Å². The van der Waals surface area contributed by atoms with Crippen molar-refractivity contribution in [3.8, 4) is 28.5 Å². The number of benzene rings is 2. The first kappa shape index (κ1) is 14.3. The van der Waals surface area contributed by atoms with Crippen molar-refractivity contribution < 1.29 is 0 Å². The van der Waals surface area contributed by atoms with Crippen LogP contribution >= 0.6 is 11.6 Å². The van der Waals surface area contributed by atoms with E-state index in [1.165, 1.54) is 0 Å². The van der Waals surface area contributed by atoms with Crippen molar-refractivity contribution >= 4 is 11.6 Å². The number of rotatable bonds is 2.